The molecular weight excluding hydrogens is 300 g/mol. The van der Waals surface area contributed by atoms with Crippen LogP contribution in [0.2, 0.25) is 0 Å². The maximum absolute atomic E-state index is 12.1. The molecule has 116 valence electrons. The van der Waals surface area contributed by atoms with Gasteiger partial charge >= 0.3 is 0 Å². The van der Waals surface area contributed by atoms with Crippen LogP contribution in [0.15, 0.2) is 47.3 Å². The van der Waals surface area contributed by atoms with Gasteiger partial charge in [-0.1, -0.05) is 30.3 Å². The minimum atomic E-state index is -1.02. The molecule has 1 heterocycles. The summed E-state index contributed by atoms with van der Waals surface area (Å²) in [5, 5.41) is 2.47. The summed E-state index contributed by atoms with van der Waals surface area (Å²) in [6, 6.07) is 12.6. The average molecular weight is 318 g/mol. The number of carbonyl (C=O) groups is 1. The van der Waals surface area contributed by atoms with E-state index in [9.17, 15) is 13.8 Å². The van der Waals surface area contributed by atoms with Crippen molar-refractivity contribution in [2.75, 3.05) is 12.8 Å². The van der Waals surface area contributed by atoms with Crippen LogP contribution in [0.1, 0.15) is 17.3 Å². The quantitative estimate of drug-likeness (QED) is 0.877. The molecule has 0 saturated heterocycles. The predicted octanol–water partition coefficient (Wildman–Crippen LogP) is 1.54. The Morgan fingerprint density at radius 3 is 2.50 bits per heavy atom. The second-order valence-electron chi connectivity index (χ2n) is 5.00. The van der Waals surface area contributed by atoms with E-state index in [1.807, 2.05) is 30.3 Å². The highest BCUT2D eigenvalue weighted by Crippen LogP contribution is 2.14. The maximum atomic E-state index is 12.1. The van der Waals surface area contributed by atoms with E-state index in [2.05, 4.69) is 10.3 Å². The summed E-state index contributed by atoms with van der Waals surface area (Å²) in [7, 11) is -1.02. The lowest BCUT2D eigenvalue weighted by molar-refractivity contribution is 0.0952. The molecule has 0 aliphatic rings. The van der Waals surface area contributed by atoms with E-state index >= 15 is 0 Å². The van der Waals surface area contributed by atoms with E-state index < -0.39 is 22.3 Å². The predicted molar refractivity (Wildman–Crippen MR) is 88.4 cm³/mol. The molecule has 5 nitrogen and oxygen atoms in total. The Hall–Kier alpha value is -2.21. The van der Waals surface area contributed by atoms with Gasteiger partial charge in [-0.2, -0.15) is 0 Å². The Morgan fingerprint density at radius 1 is 1.23 bits per heavy atom. The van der Waals surface area contributed by atoms with Crippen molar-refractivity contribution >= 4 is 16.7 Å². The summed E-state index contributed by atoms with van der Waals surface area (Å²) in [5.74, 6) is -0.460. The van der Waals surface area contributed by atoms with Crippen molar-refractivity contribution in [2.45, 2.75) is 12.2 Å². The molecule has 1 aromatic carbocycles. The van der Waals surface area contributed by atoms with Crippen molar-refractivity contribution in [2.24, 2.45) is 0 Å². The van der Waals surface area contributed by atoms with Gasteiger partial charge in [0.25, 0.3) is 11.5 Å². The largest absolute Gasteiger partial charge is 0.351 e. The first-order valence-corrected chi connectivity index (χ1v) is 8.50. The normalized spacial score (nSPS) is 13.4. The lowest BCUT2D eigenvalue weighted by atomic mass is 10.1. The SMILES string of the molecule is CC(CNC(=O)c1ccc(-c2ccccc2)[nH]c1=O)S(C)=O. The van der Waals surface area contributed by atoms with Crippen molar-refractivity contribution in [3.8, 4) is 11.3 Å². The Morgan fingerprint density at radius 2 is 1.91 bits per heavy atom. The molecule has 2 atom stereocenters. The lowest BCUT2D eigenvalue weighted by Crippen LogP contribution is -2.35. The molecule has 1 aromatic heterocycles. The van der Waals surface area contributed by atoms with Gasteiger partial charge in [0.2, 0.25) is 0 Å². The van der Waals surface area contributed by atoms with Crippen LogP contribution in [0.5, 0.6) is 0 Å². The van der Waals surface area contributed by atoms with Gasteiger partial charge in [-0.15, -0.1) is 0 Å². The van der Waals surface area contributed by atoms with Gasteiger partial charge in [-0.05, 0) is 24.6 Å². The average Bonchev–Trinajstić information content (AvgIpc) is 2.52. The Balaban J connectivity index is 2.15. The molecule has 0 aliphatic heterocycles. The van der Waals surface area contributed by atoms with Crippen molar-refractivity contribution in [3.63, 3.8) is 0 Å². The number of H-pyrrole nitrogens is 1. The molecule has 0 bridgehead atoms. The number of aromatic nitrogens is 1. The molecule has 2 unspecified atom stereocenters. The van der Waals surface area contributed by atoms with Crippen LogP contribution in [-0.4, -0.2) is 33.2 Å². The number of hydrogen-bond donors (Lipinski definition) is 2. The molecule has 22 heavy (non-hydrogen) atoms. The summed E-state index contributed by atoms with van der Waals surface area (Å²) in [6.45, 7) is 2.04. The van der Waals surface area contributed by atoms with Crippen molar-refractivity contribution < 1.29 is 9.00 Å². The standard InChI is InChI=1S/C16H18N2O3S/c1-11(22(2)21)10-17-15(19)13-8-9-14(18-16(13)20)12-6-4-3-5-7-12/h3-9,11H,10H2,1-2H3,(H,17,19)(H,18,20). The zero-order chi connectivity index (χ0) is 16.1. The van der Waals surface area contributed by atoms with Gasteiger partial charge in [0.05, 0.1) is 0 Å². The molecule has 0 radical (unpaired) electrons. The number of amides is 1. The van der Waals surface area contributed by atoms with Gasteiger partial charge in [0, 0.05) is 34.5 Å². The molecular formula is C16H18N2O3S. The van der Waals surface area contributed by atoms with Gasteiger partial charge in [0.15, 0.2) is 0 Å². The fourth-order valence-corrected chi connectivity index (χ4v) is 2.21. The van der Waals surface area contributed by atoms with E-state index in [0.717, 1.165) is 5.56 Å². The minimum absolute atomic E-state index is 0.0498. The van der Waals surface area contributed by atoms with Crippen molar-refractivity contribution in [3.05, 3.63) is 58.4 Å². The topological polar surface area (TPSA) is 79.0 Å². The number of aromatic amines is 1. The summed E-state index contributed by atoms with van der Waals surface area (Å²) >= 11 is 0. The molecule has 6 heteroatoms. The minimum Gasteiger partial charge on any atom is -0.351 e. The summed E-state index contributed by atoms with van der Waals surface area (Å²) in [4.78, 5) is 26.8. The molecule has 2 rings (SSSR count). The number of carbonyl (C=O) groups excluding carboxylic acids is 1. The monoisotopic (exact) mass is 318 g/mol. The van der Waals surface area contributed by atoms with Gasteiger partial charge in [-0.25, -0.2) is 0 Å². The van der Waals surface area contributed by atoms with Crippen molar-refractivity contribution in [1.29, 1.82) is 0 Å². The van der Waals surface area contributed by atoms with Crippen LogP contribution < -0.4 is 10.9 Å². The molecule has 0 fully saturated rings. The van der Waals surface area contributed by atoms with E-state index in [1.54, 1.807) is 19.2 Å². The number of rotatable bonds is 5. The molecule has 0 aliphatic carbocycles. The van der Waals surface area contributed by atoms with Crippen LogP contribution in [0, 0.1) is 0 Å². The third-order valence-corrected chi connectivity index (χ3v) is 4.66. The summed E-state index contributed by atoms with van der Waals surface area (Å²) in [6.07, 6.45) is 1.58. The highest BCUT2D eigenvalue weighted by molar-refractivity contribution is 7.84. The second-order valence-corrected chi connectivity index (χ2v) is 6.80. The van der Waals surface area contributed by atoms with E-state index in [0.29, 0.717) is 5.69 Å². The van der Waals surface area contributed by atoms with Crippen LogP contribution >= 0.6 is 0 Å². The maximum Gasteiger partial charge on any atom is 0.261 e. The fourth-order valence-electron chi connectivity index (χ4n) is 1.89. The number of hydrogen-bond acceptors (Lipinski definition) is 3. The summed E-state index contributed by atoms with van der Waals surface area (Å²) < 4.78 is 11.3. The van der Waals surface area contributed by atoms with Crippen LogP contribution in [0.3, 0.4) is 0 Å². The first-order chi connectivity index (χ1) is 10.5. The van der Waals surface area contributed by atoms with Crippen LogP contribution in [0.25, 0.3) is 11.3 Å². The fraction of sp³-hybridized carbons (Fsp3) is 0.250. The number of benzene rings is 1. The molecule has 0 saturated carbocycles. The van der Waals surface area contributed by atoms with E-state index in [-0.39, 0.29) is 17.4 Å². The first kappa shape index (κ1) is 16.2. The highest BCUT2D eigenvalue weighted by Gasteiger charge is 2.13. The van der Waals surface area contributed by atoms with Gasteiger partial charge in [-0.3, -0.25) is 13.8 Å². The van der Waals surface area contributed by atoms with Gasteiger partial charge < -0.3 is 10.3 Å². The smallest absolute Gasteiger partial charge is 0.261 e. The third kappa shape index (κ3) is 3.92. The number of nitrogens with one attached hydrogen (secondary N) is 2. The summed E-state index contributed by atoms with van der Waals surface area (Å²) in [5.41, 5.74) is 1.14. The Kier molecular flexibility index (Phi) is 5.27. The van der Waals surface area contributed by atoms with E-state index in [1.165, 1.54) is 6.07 Å². The van der Waals surface area contributed by atoms with Crippen LogP contribution in [0.4, 0.5) is 0 Å². The first-order valence-electron chi connectivity index (χ1n) is 6.88. The number of pyridine rings is 1. The second kappa shape index (κ2) is 7.17. The molecule has 2 aromatic rings. The Labute approximate surface area is 131 Å². The molecule has 2 N–H and O–H groups in total. The molecule has 1 amide bonds. The van der Waals surface area contributed by atoms with Crippen LogP contribution in [-0.2, 0) is 10.8 Å². The third-order valence-electron chi connectivity index (χ3n) is 3.36. The van der Waals surface area contributed by atoms with E-state index in [4.69, 9.17) is 0 Å². The Bertz CT molecular complexity index is 741. The lowest BCUT2D eigenvalue weighted by Gasteiger charge is -2.10. The highest BCUT2D eigenvalue weighted by atomic mass is 32.2. The van der Waals surface area contributed by atoms with Crippen molar-refractivity contribution in [1.82, 2.24) is 10.3 Å². The zero-order valence-corrected chi connectivity index (χ0v) is 13.3. The van der Waals surface area contributed by atoms with Gasteiger partial charge in [0.1, 0.15) is 5.56 Å². The molecule has 0 spiro atoms. The zero-order valence-electron chi connectivity index (χ0n) is 12.5.